The van der Waals surface area contributed by atoms with Gasteiger partial charge in [0.1, 0.15) is 12.2 Å². The first-order valence-corrected chi connectivity index (χ1v) is 7.76. The molecule has 110 valence electrons. The molecule has 1 aromatic heterocycles. The Labute approximate surface area is 118 Å². The van der Waals surface area contributed by atoms with Crippen molar-refractivity contribution in [3.05, 3.63) is 12.2 Å². The molecule has 20 heavy (non-hydrogen) atoms. The van der Waals surface area contributed by atoms with Crippen molar-refractivity contribution in [1.29, 1.82) is 0 Å². The first-order valence-electron chi connectivity index (χ1n) is 7.76. The minimum absolute atomic E-state index is 0.259. The minimum atomic E-state index is -0.259. The van der Waals surface area contributed by atoms with Crippen LogP contribution in [0.4, 0.5) is 0 Å². The number of aromatic nitrogens is 3. The van der Waals surface area contributed by atoms with Crippen LogP contribution in [0.15, 0.2) is 6.33 Å². The average Bonchev–Trinajstić information content (AvgIpc) is 3.12. The molecule has 6 heteroatoms. The normalized spacial score (nSPS) is 29.7. The highest BCUT2D eigenvalue weighted by molar-refractivity contribution is 4.99. The van der Waals surface area contributed by atoms with Crippen LogP contribution in [-0.2, 0) is 16.0 Å². The number of nitrogens with zero attached hydrogens (tertiary/aromatic N) is 3. The van der Waals surface area contributed by atoms with Gasteiger partial charge in [-0.25, -0.2) is 9.67 Å². The lowest BCUT2D eigenvalue weighted by Gasteiger charge is -2.37. The van der Waals surface area contributed by atoms with E-state index in [0.717, 1.165) is 57.7 Å². The van der Waals surface area contributed by atoms with Crippen LogP contribution in [0.3, 0.4) is 0 Å². The highest BCUT2D eigenvalue weighted by atomic mass is 16.7. The fraction of sp³-hybridized carbons (Fsp3) is 0.857. The Hall–Kier alpha value is -0.980. The number of hydrogen-bond donors (Lipinski definition) is 1. The quantitative estimate of drug-likeness (QED) is 0.886. The molecule has 3 aliphatic rings. The number of ether oxygens (including phenoxy) is 2. The Morgan fingerprint density at radius 1 is 1.20 bits per heavy atom. The first kappa shape index (κ1) is 12.7. The van der Waals surface area contributed by atoms with Crippen molar-refractivity contribution >= 4 is 0 Å². The van der Waals surface area contributed by atoms with E-state index in [1.165, 1.54) is 6.42 Å². The van der Waals surface area contributed by atoms with Gasteiger partial charge in [-0.15, -0.1) is 0 Å². The molecule has 1 atom stereocenters. The minimum Gasteiger partial charge on any atom is -0.348 e. The molecule has 0 bridgehead atoms. The number of nitrogens with one attached hydrogen (secondary N) is 1. The fourth-order valence-corrected chi connectivity index (χ4v) is 3.74. The van der Waals surface area contributed by atoms with E-state index in [1.54, 1.807) is 6.33 Å². The van der Waals surface area contributed by atoms with Gasteiger partial charge in [0.05, 0.1) is 19.3 Å². The average molecular weight is 278 g/mol. The van der Waals surface area contributed by atoms with E-state index in [4.69, 9.17) is 9.47 Å². The van der Waals surface area contributed by atoms with Gasteiger partial charge in [0.25, 0.3) is 0 Å². The molecule has 1 aliphatic carbocycles. The molecule has 6 nitrogen and oxygen atoms in total. The summed E-state index contributed by atoms with van der Waals surface area (Å²) in [6.07, 6.45) is 8.25. The van der Waals surface area contributed by atoms with Gasteiger partial charge >= 0.3 is 0 Å². The van der Waals surface area contributed by atoms with Gasteiger partial charge in [-0.3, -0.25) is 0 Å². The van der Waals surface area contributed by atoms with Gasteiger partial charge in [-0.05, 0) is 25.7 Å². The maximum Gasteiger partial charge on any atom is 0.168 e. The number of fused-ring (bicyclic) bond motifs is 1. The predicted molar refractivity (Wildman–Crippen MR) is 72.0 cm³/mol. The molecule has 1 N–H and O–H groups in total. The molecule has 0 amide bonds. The molecule has 3 heterocycles. The van der Waals surface area contributed by atoms with Crippen LogP contribution in [0.25, 0.3) is 0 Å². The third kappa shape index (κ3) is 2.25. The Balaban J connectivity index is 1.37. The van der Waals surface area contributed by atoms with Crippen molar-refractivity contribution < 1.29 is 9.47 Å². The van der Waals surface area contributed by atoms with Crippen molar-refractivity contribution in [3.63, 3.8) is 0 Å². The summed E-state index contributed by atoms with van der Waals surface area (Å²) >= 11 is 0. The SMILES string of the molecule is c1nc2n(n1)CCC[C@@H]2NC1CCC2(CC1)OCCO2. The molecule has 0 unspecified atom stereocenters. The highest BCUT2D eigenvalue weighted by Crippen LogP contribution is 2.36. The third-order valence-electron chi connectivity index (χ3n) is 4.82. The Morgan fingerprint density at radius 3 is 2.80 bits per heavy atom. The van der Waals surface area contributed by atoms with Crippen LogP contribution in [-0.4, -0.2) is 39.8 Å². The molecular weight excluding hydrogens is 256 g/mol. The second-order valence-electron chi connectivity index (χ2n) is 6.08. The third-order valence-corrected chi connectivity index (χ3v) is 4.82. The monoisotopic (exact) mass is 278 g/mol. The van der Waals surface area contributed by atoms with Gasteiger partial charge in [0.2, 0.25) is 0 Å². The Kier molecular flexibility index (Phi) is 3.24. The summed E-state index contributed by atoms with van der Waals surface area (Å²) in [5.74, 6) is 0.843. The maximum atomic E-state index is 5.79. The maximum absolute atomic E-state index is 5.79. The van der Waals surface area contributed by atoms with E-state index in [2.05, 4.69) is 15.4 Å². The molecular formula is C14H22N4O2. The summed E-state index contributed by atoms with van der Waals surface area (Å²) < 4.78 is 13.6. The van der Waals surface area contributed by atoms with Crippen LogP contribution >= 0.6 is 0 Å². The zero-order chi connectivity index (χ0) is 13.4. The summed E-state index contributed by atoms with van der Waals surface area (Å²) in [5, 5.41) is 8.06. The Morgan fingerprint density at radius 2 is 2.00 bits per heavy atom. The van der Waals surface area contributed by atoms with E-state index >= 15 is 0 Å². The number of hydrogen-bond acceptors (Lipinski definition) is 5. The fourth-order valence-electron chi connectivity index (χ4n) is 3.74. The molecule has 0 aromatic carbocycles. The van der Waals surface area contributed by atoms with Crippen molar-refractivity contribution in [2.45, 2.75) is 62.9 Å². The smallest absolute Gasteiger partial charge is 0.168 e. The number of aryl methyl sites for hydroxylation is 1. The van der Waals surface area contributed by atoms with Gasteiger partial charge in [-0.2, -0.15) is 5.10 Å². The van der Waals surface area contributed by atoms with Crippen LogP contribution in [0.5, 0.6) is 0 Å². The summed E-state index contributed by atoms with van der Waals surface area (Å²) in [6.45, 7) is 2.51. The predicted octanol–water partition coefficient (Wildman–Crippen LogP) is 1.39. The van der Waals surface area contributed by atoms with E-state index in [1.807, 2.05) is 4.68 Å². The molecule has 4 rings (SSSR count). The zero-order valence-corrected chi connectivity index (χ0v) is 11.8. The van der Waals surface area contributed by atoms with Gasteiger partial charge in [-0.1, -0.05) is 0 Å². The van der Waals surface area contributed by atoms with Crippen LogP contribution < -0.4 is 5.32 Å². The summed E-state index contributed by atoms with van der Waals surface area (Å²) in [4.78, 5) is 4.41. The molecule has 1 aromatic rings. The van der Waals surface area contributed by atoms with Crippen LogP contribution in [0.2, 0.25) is 0 Å². The summed E-state index contributed by atoms with van der Waals surface area (Å²) in [5.41, 5.74) is 0. The lowest BCUT2D eigenvalue weighted by atomic mass is 9.89. The second-order valence-corrected chi connectivity index (χ2v) is 6.08. The number of rotatable bonds is 2. The molecule has 2 fully saturated rings. The molecule has 1 saturated heterocycles. The van der Waals surface area contributed by atoms with Crippen molar-refractivity contribution in [2.24, 2.45) is 0 Å². The van der Waals surface area contributed by atoms with E-state index in [0.29, 0.717) is 12.1 Å². The largest absolute Gasteiger partial charge is 0.348 e. The lowest BCUT2D eigenvalue weighted by molar-refractivity contribution is -0.179. The highest BCUT2D eigenvalue weighted by Gasteiger charge is 2.40. The zero-order valence-electron chi connectivity index (χ0n) is 11.8. The van der Waals surface area contributed by atoms with Gasteiger partial charge in [0, 0.05) is 25.4 Å². The van der Waals surface area contributed by atoms with Gasteiger partial charge in [0.15, 0.2) is 5.79 Å². The standard InChI is InChI=1S/C14H22N4O2/c1-2-12(13-15-10-16-18(13)7-1)17-11-3-5-14(6-4-11)19-8-9-20-14/h10-12,17H,1-9H2/t12-/m0/s1. The van der Waals surface area contributed by atoms with Gasteiger partial charge < -0.3 is 14.8 Å². The van der Waals surface area contributed by atoms with E-state index in [-0.39, 0.29) is 5.79 Å². The Bertz CT molecular complexity index is 459. The van der Waals surface area contributed by atoms with Crippen molar-refractivity contribution in [2.75, 3.05) is 13.2 Å². The van der Waals surface area contributed by atoms with Crippen molar-refractivity contribution in [1.82, 2.24) is 20.1 Å². The van der Waals surface area contributed by atoms with Crippen molar-refractivity contribution in [3.8, 4) is 0 Å². The van der Waals surface area contributed by atoms with E-state index in [9.17, 15) is 0 Å². The molecule has 1 saturated carbocycles. The topological polar surface area (TPSA) is 61.2 Å². The summed E-state index contributed by atoms with van der Waals surface area (Å²) in [6, 6.07) is 0.900. The lowest BCUT2D eigenvalue weighted by Crippen LogP contribution is -2.44. The van der Waals surface area contributed by atoms with E-state index < -0.39 is 0 Å². The first-order chi connectivity index (χ1) is 9.85. The molecule has 2 aliphatic heterocycles. The molecule has 1 spiro atoms. The summed E-state index contributed by atoms with van der Waals surface area (Å²) in [7, 11) is 0. The van der Waals surface area contributed by atoms with Crippen LogP contribution in [0, 0.1) is 0 Å². The van der Waals surface area contributed by atoms with Crippen LogP contribution in [0.1, 0.15) is 50.4 Å². The second kappa shape index (κ2) is 5.09. The molecule has 0 radical (unpaired) electrons.